The molecule has 0 amide bonds. The summed E-state index contributed by atoms with van der Waals surface area (Å²) in [5, 5.41) is 0. The minimum Gasteiger partial charge on any atom is -0.337 e. The lowest BCUT2D eigenvalue weighted by molar-refractivity contribution is 1.24. The summed E-state index contributed by atoms with van der Waals surface area (Å²) in [5.74, 6) is 0.836. The van der Waals surface area contributed by atoms with Crippen molar-refractivity contribution in [3.63, 3.8) is 0 Å². The zero-order valence-corrected chi connectivity index (χ0v) is 10.1. The minimum atomic E-state index is 0.549. The normalized spacial score (nSPS) is 11.1. The van der Waals surface area contributed by atoms with Crippen molar-refractivity contribution in [1.82, 2.24) is 15.0 Å². The van der Waals surface area contributed by atoms with Crippen LogP contribution in [0.1, 0.15) is 5.69 Å². The molecule has 0 aliphatic rings. The Kier molecular flexibility index (Phi) is 2.19. The van der Waals surface area contributed by atoms with E-state index in [4.69, 9.17) is 11.6 Å². The minimum absolute atomic E-state index is 0.549. The maximum absolute atomic E-state index is 5.88. The topological polar surface area (TPSA) is 41.6 Å². The summed E-state index contributed by atoms with van der Waals surface area (Å²) < 4.78 is 0.549. The van der Waals surface area contributed by atoms with Crippen LogP contribution in [-0.2, 0) is 0 Å². The summed E-state index contributed by atoms with van der Waals surface area (Å²) in [6.45, 7) is 1.94. The molecule has 0 aliphatic heterocycles. The van der Waals surface area contributed by atoms with Gasteiger partial charge in [0, 0.05) is 0 Å². The molecule has 2 aromatic heterocycles. The van der Waals surface area contributed by atoms with Gasteiger partial charge in [0.1, 0.15) is 0 Å². The number of thiazole rings is 1. The van der Waals surface area contributed by atoms with E-state index in [1.807, 2.05) is 31.2 Å². The Balaban J connectivity index is 2.22. The predicted molar refractivity (Wildman–Crippen MR) is 66.9 cm³/mol. The summed E-state index contributed by atoms with van der Waals surface area (Å²) in [7, 11) is 0. The zero-order chi connectivity index (χ0) is 11.1. The average molecular weight is 250 g/mol. The molecule has 0 saturated heterocycles. The fraction of sp³-hybridized carbons (Fsp3) is 0.0909. The first-order chi connectivity index (χ1) is 7.74. The number of benzene rings is 1. The van der Waals surface area contributed by atoms with Crippen LogP contribution in [0.15, 0.2) is 24.3 Å². The Morgan fingerprint density at radius 2 is 2.06 bits per heavy atom. The largest absolute Gasteiger partial charge is 0.337 e. The number of H-pyrrole nitrogens is 1. The third kappa shape index (κ3) is 1.50. The molecule has 3 nitrogen and oxygen atoms in total. The monoisotopic (exact) mass is 249 g/mol. The van der Waals surface area contributed by atoms with Crippen molar-refractivity contribution in [1.29, 1.82) is 0 Å². The van der Waals surface area contributed by atoms with Crippen LogP contribution < -0.4 is 0 Å². The van der Waals surface area contributed by atoms with Gasteiger partial charge in [-0.15, -0.1) is 0 Å². The summed E-state index contributed by atoms with van der Waals surface area (Å²) >= 11 is 7.32. The number of aromatic nitrogens is 3. The summed E-state index contributed by atoms with van der Waals surface area (Å²) in [6, 6.07) is 7.94. The van der Waals surface area contributed by atoms with Gasteiger partial charge in [0.25, 0.3) is 0 Å². The quantitative estimate of drug-likeness (QED) is 0.715. The van der Waals surface area contributed by atoms with Crippen molar-refractivity contribution in [3.05, 3.63) is 34.4 Å². The Bertz CT molecular complexity index is 623. The van der Waals surface area contributed by atoms with Crippen LogP contribution in [0.25, 0.3) is 21.7 Å². The van der Waals surface area contributed by atoms with Crippen LogP contribution in [0.3, 0.4) is 0 Å². The van der Waals surface area contributed by atoms with E-state index in [1.165, 1.54) is 11.3 Å². The highest BCUT2D eigenvalue weighted by atomic mass is 35.5. The Labute approximate surface area is 101 Å². The number of aryl methyl sites for hydroxylation is 1. The van der Waals surface area contributed by atoms with Crippen LogP contribution in [0, 0.1) is 6.92 Å². The molecule has 16 heavy (non-hydrogen) atoms. The van der Waals surface area contributed by atoms with E-state index in [0.29, 0.717) is 4.47 Å². The van der Waals surface area contributed by atoms with Gasteiger partial charge in [-0.3, -0.25) is 0 Å². The van der Waals surface area contributed by atoms with Crippen LogP contribution in [0.2, 0.25) is 4.47 Å². The number of para-hydroxylation sites is 2. The smallest absolute Gasteiger partial charge is 0.184 e. The van der Waals surface area contributed by atoms with Crippen molar-refractivity contribution in [2.24, 2.45) is 0 Å². The highest BCUT2D eigenvalue weighted by Crippen LogP contribution is 2.31. The molecule has 0 aliphatic carbocycles. The molecular formula is C11H8ClN3S. The molecular weight excluding hydrogens is 242 g/mol. The van der Waals surface area contributed by atoms with E-state index < -0.39 is 0 Å². The molecule has 0 unspecified atom stereocenters. The lowest BCUT2D eigenvalue weighted by atomic mass is 10.3. The number of nitrogens with one attached hydrogen (secondary N) is 1. The number of fused-ring (bicyclic) bond motifs is 1. The van der Waals surface area contributed by atoms with Crippen LogP contribution in [0.4, 0.5) is 0 Å². The standard InChI is InChI=1S/C11H8ClN3S/c1-6-9(16-11(12)13-6)10-14-7-4-2-3-5-8(7)15-10/h2-5H,1H3,(H,14,15). The molecule has 0 radical (unpaired) electrons. The van der Waals surface area contributed by atoms with Crippen LogP contribution in [0.5, 0.6) is 0 Å². The molecule has 1 N–H and O–H groups in total. The number of imidazole rings is 1. The molecule has 0 bridgehead atoms. The van der Waals surface area contributed by atoms with Gasteiger partial charge in [-0.05, 0) is 19.1 Å². The van der Waals surface area contributed by atoms with Crippen molar-refractivity contribution in [3.8, 4) is 10.7 Å². The van der Waals surface area contributed by atoms with E-state index in [-0.39, 0.29) is 0 Å². The highest BCUT2D eigenvalue weighted by Gasteiger charge is 2.12. The maximum atomic E-state index is 5.88. The molecule has 1 aromatic carbocycles. The Morgan fingerprint density at radius 1 is 1.25 bits per heavy atom. The van der Waals surface area contributed by atoms with Gasteiger partial charge in [-0.25, -0.2) is 9.97 Å². The fourth-order valence-electron chi connectivity index (χ4n) is 1.64. The van der Waals surface area contributed by atoms with Crippen molar-refractivity contribution in [2.45, 2.75) is 6.92 Å². The van der Waals surface area contributed by atoms with Crippen molar-refractivity contribution >= 4 is 34.0 Å². The number of rotatable bonds is 1. The molecule has 3 rings (SSSR count). The van der Waals surface area contributed by atoms with Gasteiger partial charge in [-0.1, -0.05) is 35.1 Å². The number of hydrogen-bond acceptors (Lipinski definition) is 3. The SMILES string of the molecule is Cc1nc(Cl)sc1-c1nc2ccccc2[nH]1. The molecule has 0 atom stereocenters. The summed E-state index contributed by atoms with van der Waals surface area (Å²) in [4.78, 5) is 13.0. The van der Waals surface area contributed by atoms with Crippen LogP contribution in [-0.4, -0.2) is 15.0 Å². The van der Waals surface area contributed by atoms with Crippen molar-refractivity contribution in [2.75, 3.05) is 0 Å². The van der Waals surface area contributed by atoms with Gasteiger partial charge in [-0.2, -0.15) is 0 Å². The van der Waals surface area contributed by atoms with Gasteiger partial charge in [0.2, 0.25) is 0 Å². The Hall–Kier alpha value is -1.39. The average Bonchev–Trinajstić information content (AvgIpc) is 2.81. The first-order valence-corrected chi connectivity index (χ1v) is 6.01. The fourth-order valence-corrected chi connectivity index (χ4v) is 2.74. The maximum Gasteiger partial charge on any atom is 0.184 e. The van der Waals surface area contributed by atoms with Crippen molar-refractivity contribution < 1.29 is 0 Å². The third-order valence-electron chi connectivity index (χ3n) is 2.37. The second-order valence-electron chi connectivity index (χ2n) is 3.48. The zero-order valence-electron chi connectivity index (χ0n) is 8.49. The van der Waals surface area contributed by atoms with E-state index in [0.717, 1.165) is 27.4 Å². The predicted octanol–water partition coefficient (Wildman–Crippen LogP) is 3.65. The molecule has 2 heterocycles. The molecule has 80 valence electrons. The summed E-state index contributed by atoms with van der Waals surface area (Å²) in [6.07, 6.45) is 0. The summed E-state index contributed by atoms with van der Waals surface area (Å²) in [5.41, 5.74) is 2.90. The van der Waals surface area contributed by atoms with E-state index >= 15 is 0 Å². The molecule has 5 heteroatoms. The highest BCUT2D eigenvalue weighted by molar-refractivity contribution is 7.19. The Morgan fingerprint density at radius 3 is 2.75 bits per heavy atom. The van der Waals surface area contributed by atoms with Gasteiger partial charge < -0.3 is 4.98 Å². The third-order valence-corrected chi connectivity index (χ3v) is 3.64. The van der Waals surface area contributed by atoms with E-state index in [1.54, 1.807) is 0 Å². The number of halogens is 1. The van der Waals surface area contributed by atoms with Gasteiger partial charge in [0.15, 0.2) is 10.3 Å². The first kappa shape index (κ1) is 9.81. The lowest BCUT2D eigenvalue weighted by Gasteiger charge is -1.89. The molecule has 0 spiro atoms. The lowest BCUT2D eigenvalue weighted by Crippen LogP contribution is -1.79. The first-order valence-electron chi connectivity index (χ1n) is 4.82. The molecule has 3 aromatic rings. The van der Waals surface area contributed by atoms with E-state index in [9.17, 15) is 0 Å². The van der Waals surface area contributed by atoms with Gasteiger partial charge >= 0.3 is 0 Å². The number of hydrogen-bond donors (Lipinski definition) is 1. The second-order valence-corrected chi connectivity index (χ2v) is 5.07. The molecule has 0 saturated carbocycles. The van der Waals surface area contributed by atoms with Gasteiger partial charge in [0.05, 0.1) is 21.6 Å². The van der Waals surface area contributed by atoms with E-state index in [2.05, 4.69) is 15.0 Å². The second kappa shape index (κ2) is 3.57. The molecule has 0 fully saturated rings. The van der Waals surface area contributed by atoms with Crippen LogP contribution >= 0.6 is 22.9 Å². The number of nitrogens with zero attached hydrogens (tertiary/aromatic N) is 2. The number of aromatic amines is 1.